The number of rotatable bonds is 10. The van der Waals surface area contributed by atoms with Crippen LogP contribution >= 0.6 is 24.0 Å². The van der Waals surface area contributed by atoms with Gasteiger partial charge in [-0.25, -0.2) is 0 Å². The number of guanidine groups is 1. The molecule has 2 aromatic rings. The summed E-state index contributed by atoms with van der Waals surface area (Å²) in [5.74, 6) is 3.10. The molecule has 31 heavy (non-hydrogen) atoms. The first-order valence-electron chi connectivity index (χ1n) is 10.8. The van der Waals surface area contributed by atoms with Crippen molar-refractivity contribution in [3.63, 3.8) is 0 Å². The van der Waals surface area contributed by atoms with Crippen LogP contribution in [0.3, 0.4) is 0 Å². The molecule has 6 nitrogen and oxygen atoms in total. The largest absolute Gasteiger partial charge is 0.457 e. The van der Waals surface area contributed by atoms with Crippen molar-refractivity contribution in [3.05, 3.63) is 60.2 Å². The van der Waals surface area contributed by atoms with Gasteiger partial charge in [-0.1, -0.05) is 30.3 Å². The van der Waals surface area contributed by atoms with Crippen LogP contribution in [0.2, 0.25) is 0 Å². The van der Waals surface area contributed by atoms with Gasteiger partial charge >= 0.3 is 0 Å². The second-order valence-corrected chi connectivity index (χ2v) is 7.40. The number of halogens is 1. The SMILES string of the molecule is CN=C(NCCCOCC1CCOCC1)NCc1cccc(Oc2ccccc2)c1.I. The quantitative estimate of drug-likeness (QED) is 0.200. The number of hydrogen-bond donors (Lipinski definition) is 2. The Bertz CT molecular complexity index is 768. The van der Waals surface area contributed by atoms with E-state index in [9.17, 15) is 0 Å². The molecule has 7 heteroatoms. The Kier molecular flexibility index (Phi) is 12.3. The van der Waals surface area contributed by atoms with Crippen LogP contribution in [0, 0.1) is 5.92 Å². The van der Waals surface area contributed by atoms with Crippen LogP contribution in [0.15, 0.2) is 59.6 Å². The van der Waals surface area contributed by atoms with Crippen LogP contribution in [-0.2, 0) is 16.0 Å². The van der Waals surface area contributed by atoms with Crippen LogP contribution in [0.5, 0.6) is 11.5 Å². The Morgan fingerprint density at radius 2 is 1.81 bits per heavy atom. The molecule has 0 aromatic heterocycles. The van der Waals surface area contributed by atoms with Crippen LogP contribution in [0.1, 0.15) is 24.8 Å². The van der Waals surface area contributed by atoms with Crippen LogP contribution in [0.4, 0.5) is 0 Å². The number of para-hydroxylation sites is 1. The number of nitrogens with one attached hydrogen (secondary N) is 2. The fraction of sp³-hybridized carbons (Fsp3) is 0.458. The van der Waals surface area contributed by atoms with E-state index in [2.05, 4.69) is 21.7 Å². The van der Waals surface area contributed by atoms with Gasteiger partial charge in [0.15, 0.2) is 5.96 Å². The molecule has 0 bridgehead atoms. The van der Waals surface area contributed by atoms with E-state index in [0.717, 1.165) is 75.3 Å². The van der Waals surface area contributed by atoms with Gasteiger partial charge in [-0.2, -0.15) is 0 Å². The van der Waals surface area contributed by atoms with Crippen molar-refractivity contribution in [3.8, 4) is 11.5 Å². The van der Waals surface area contributed by atoms with E-state index < -0.39 is 0 Å². The van der Waals surface area contributed by atoms with Crippen molar-refractivity contribution >= 4 is 29.9 Å². The van der Waals surface area contributed by atoms with E-state index in [1.54, 1.807) is 7.05 Å². The molecule has 1 fully saturated rings. The summed E-state index contributed by atoms with van der Waals surface area (Å²) in [5, 5.41) is 6.69. The zero-order chi connectivity index (χ0) is 20.9. The van der Waals surface area contributed by atoms with E-state index in [4.69, 9.17) is 14.2 Å². The summed E-state index contributed by atoms with van der Waals surface area (Å²) >= 11 is 0. The molecule has 170 valence electrons. The lowest BCUT2D eigenvalue weighted by molar-refractivity contribution is 0.0203. The first-order valence-corrected chi connectivity index (χ1v) is 10.8. The predicted octanol–water partition coefficient (Wildman–Crippen LogP) is 4.60. The van der Waals surface area contributed by atoms with Crippen molar-refractivity contribution in [1.82, 2.24) is 10.6 Å². The van der Waals surface area contributed by atoms with Crippen molar-refractivity contribution in [2.24, 2.45) is 10.9 Å². The van der Waals surface area contributed by atoms with E-state index in [-0.39, 0.29) is 24.0 Å². The molecule has 0 atom stereocenters. The molecule has 0 radical (unpaired) electrons. The van der Waals surface area contributed by atoms with Crippen LogP contribution in [-0.4, -0.2) is 46.0 Å². The first kappa shape index (κ1) is 25.4. The minimum atomic E-state index is 0. The van der Waals surface area contributed by atoms with Crippen molar-refractivity contribution in [2.45, 2.75) is 25.8 Å². The fourth-order valence-electron chi connectivity index (χ4n) is 3.29. The van der Waals surface area contributed by atoms with E-state index >= 15 is 0 Å². The minimum Gasteiger partial charge on any atom is -0.457 e. The highest BCUT2D eigenvalue weighted by molar-refractivity contribution is 14.0. The molecule has 0 aliphatic carbocycles. The topological polar surface area (TPSA) is 64.1 Å². The standard InChI is InChI=1S/C24H33N3O3.HI/c1-25-24(26-13-6-14-29-19-20-11-15-28-16-12-20)27-18-21-7-5-10-23(17-21)30-22-8-3-2-4-9-22;/h2-5,7-10,17,20H,6,11-16,18-19H2,1H3,(H2,25,26,27);1H. The second-order valence-electron chi connectivity index (χ2n) is 7.40. The number of benzene rings is 2. The average molecular weight is 539 g/mol. The molecule has 2 aromatic carbocycles. The summed E-state index contributed by atoms with van der Waals surface area (Å²) in [6, 6.07) is 17.9. The summed E-state index contributed by atoms with van der Waals surface area (Å²) in [5.41, 5.74) is 1.13. The van der Waals surface area contributed by atoms with Crippen molar-refractivity contribution < 1.29 is 14.2 Å². The monoisotopic (exact) mass is 539 g/mol. The summed E-state index contributed by atoms with van der Waals surface area (Å²) in [7, 11) is 1.78. The minimum absolute atomic E-state index is 0. The molecule has 1 heterocycles. The number of aliphatic imine (C=N–C) groups is 1. The van der Waals surface area contributed by atoms with Gasteiger partial charge in [-0.05, 0) is 55.0 Å². The molecule has 0 amide bonds. The molecular formula is C24H34IN3O3. The Morgan fingerprint density at radius 1 is 1.03 bits per heavy atom. The van der Waals surface area contributed by atoms with E-state index in [1.807, 2.05) is 48.5 Å². The lowest BCUT2D eigenvalue weighted by atomic mass is 10.0. The van der Waals surface area contributed by atoms with Gasteiger partial charge in [0.25, 0.3) is 0 Å². The van der Waals surface area contributed by atoms with Gasteiger partial charge in [-0.3, -0.25) is 4.99 Å². The molecule has 0 saturated carbocycles. The molecule has 2 N–H and O–H groups in total. The molecular weight excluding hydrogens is 505 g/mol. The van der Waals surface area contributed by atoms with Crippen molar-refractivity contribution in [2.75, 3.05) is 40.0 Å². The Labute approximate surface area is 202 Å². The second kappa shape index (κ2) is 15.0. The van der Waals surface area contributed by atoms with Gasteiger partial charge < -0.3 is 24.8 Å². The van der Waals surface area contributed by atoms with Crippen molar-refractivity contribution in [1.29, 1.82) is 0 Å². The number of ether oxygens (including phenoxy) is 3. The summed E-state index contributed by atoms with van der Waals surface area (Å²) < 4.78 is 17.1. The van der Waals surface area contributed by atoms with Gasteiger partial charge in [0.1, 0.15) is 11.5 Å². The maximum Gasteiger partial charge on any atom is 0.191 e. The Balaban J connectivity index is 0.00000341. The normalized spacial score (nSPS) is 14.5. The first-order chi connectivity index (χ1) is 14.8. The highest BCUT2D eigenvalue weighted by Gasteiger charge is 2.13. The smallest absolute Gasteiger partial charge is 0.191 e. The lowest BCUT2D eigenvalue weighted by Crippen LogP contribution is -2.37. The third-order valence-corrected chi connectivity index (χ3v) is 5.01. The Morgan fingerprint density at radius 3 is 2.58 bits per heavy atom. The molecule has 1 aliphatic rings. The molecule has 3 rings (SSSR count). The maximum atomic E-state index is 5.90. The van der Waals surface area contributed by atoms with Gasteiger partial charge in [0.05, 0.1) is 0 Å². The zero-order valence-electron chi connectivity index (χ0n) is 18.2. The van der Waals surface area contributed by atoms with Gasteiger partial charge in [0.2, 0.25) is 0 Å². The summed E-state index contributed by atoms with van der Waals surface area (Å²) in [6.07, 6.45) is 3.18. The van der Waals surface area contributed by atoms with E-state index in [1.165, 1.54) is 0 Å². The lowest BCUT2D eigenvalue weighted by Gasteiger charge is -2.21. The fourth-order valence-corrected chi connectivity index (χ4v) is 3.29. The number of nitrogens with zero attached hydrogens (tertiary/aromatic N) is 1. The average Bonchev–Trinajstić information content (AvgIpc) is 2.80. The summed E-state index contributed by atoms with van der Waals surface area (Å²) in [4.78, 5) is 4.29. The summed E-state index contributed by atoms with van der Waals surface area (Å²) in [6.45, 7) is 4.85. The maximum absolute atomic E-state index is 5.90. The van der Waals surface area contributed by atoms with Gasteiger partial charge in [-0.15, -0.1) is 24.0 Å². The predicted molar refractivity (Wildman–Crippen MR) is 136 cm³/mol. The van der Waals surface area contributed by atoms with Crippen LogP contribution in [0.25, 0.3) is 0 Å². The molecule has 0 unspecified atom stereocenters. The Hall–Kier alpha value is -1.84. The van der Waals surface area contributed by atoms with E-state index in [0.29, 0.717) is 12.5 Å². The van der Waals surface area contributed by atoms with Crippen LogP contribution < -0.4 is 15.4 Å². The molecule has 1 saturated heterocycles. The third-order valence-electron chi connectivity index (χ3n) is 5.01. The molecule has 1 aliphatic heterocycles. The van der Waals surface area contributed by atoms with Gasteiger partial charge in [0, 0.05) is 46.6 Å². The third kappa shape index (κ3) is 9.88. The molecule has 0 spiro atoms. The zero-order valence-corrected chi connectivity index (χ0v) is 20.5. The number of hydrogen-bond acceptors (Lipinski definition) is 4. The highest BCUT2D eigenvalue weighted by atomic mass is 127. The highest BCUT2D eigenvalue weighted by Crippen LogP contribution is 2.21.